The van der Waals surface area contributed by atoms with Gasteiger partial charge in [-0.2, -0.15) is 0 Å². The lowest BCUT2D eigenvalue weighted by molar-refractivity contribution is 0.102. The largest absolute Gasteiger partial charge is 0.506 e. The lowest BCUT2D eigenvalue weighted by atomic mass is 10.1. The second kappa shape index (κ2) is 5.45. The molecule has 1 amide bonds. The van der Waals surface area contributed by atoms with Crippen molar-refractivity contribution < 1.29 is 18.3 Å². The summed E-state index contributed by atoms with van der Waals surface area (Å²) in [6.07, 6.45) is 1.06. The van der Waals surface area contributed by atoms with E-state index in [1.807, 2.05) is 0 Å². The topological polar surface area (TPSA) is 109 Å². The van der Waals surface area contributed by atoms with Gasteiger partial charge in [0.05, 0.1) is 16.3 Å². The first kappa shape index (κ1) is 14.9. The van der Waals surface area contributed by atoms with Crippen LogP contribution in [0.25, 0.3) is 0 Å². The molecular formula is C14H14N2O4S. The Bertz CT molecular complexity index is 800. The standard InChI is InChI=1S/C14H14N2O4S/c1-21(19,20)13-5-3-2-4-11(13)16-14(18)9-6-7-10(15)12(17)8-9/h2-8,17H,15H2,1H3,(H,16,18). The minimum absolute atomic E-state index is 0.0259. The molecule has 0 aromatic heterocycles. The molecule has 0 radical (unpaired) electrons. The summed E-state index contributed by atoms with van der Waals surface area (Å²) in [6.45, 7) is 0. The Kier molecular flexibility index (Phi) is 3.86. The maximum Gasteiger partial charge on any atom is 0.255 e. The van der Waals surface area contributed by atoms with Gasteiger partial charge >= 0.3 is 0 Å². The van der Waals surface area contributed by atoms with Gasteiger partial charge in [0.2, 0.25) is 0 Å². The molecule has 0 fully saturated rings. The number of rotatable bonds is 3. The quantitative estimate of drug-likeness (QED) is 0.590. The molecule has 0 unspecified atom stereocenters. The summed E-state index contributed by atoms with van der Waals surface area (Å²) in [5.74, 6) is -0.750. The Morgan fingerprint density at radius 3 is 2.48 bits per heavy atom. The first-order valence-corrected chi connectivity index (χ1v) is 7.87. The molecule has 0 aliphatic rings. The van der Waals surface area contributed by atoms with E-state index in [0.717, 1.165) is 6.26 Å². The molecule has 6 nitrogen and oxygen atoms in total. The Morgan fingerprint density at radius 1 is 1.19 bits per heavy atom. The smallest absolute Gasteiger partial charge is 0.255 e. The molecule has 2 rings (SSSR count). The van der Waals surface area contributed by atoms with Crippen molar-refractivity contribution in [3.63, 3.8) is 0 Å². The number of carbonyl (C=O) groups excluding carboxylic acids is 1. The van der Waals surface area contributed by atoms with E-state index in [4.69, 9.17) is 5.73 Å². The summed E-state index contributed by atoms with van der Waals surface area (Å²) in [7, 11) is -3.46. The fourth-order valence-electron chi connectivity index (χ4n) is 1.77. The Balaban J connectivity index is 2.34. The fourth-order valence-corrected chi connectivity index (χ4v) is 2.62. The van der Waals surface area contributed by atoms with E-state index in [0.29, 0.717) is 0 Å². The number of carbonyl (C=O) groups is 1. The molecule has 21 heavy (non-hydrogen) atoms. The number of phenolic OH excluding ortho intramolecular Hbond substituents is 1. The number of nitrogen functional groups attached to an aromatic ring is 1. The van der Waals surface area contributed by atoms with Crippen LogP contribution in [0.1, 0.15) is 10.4 Å². The number of sulfone groups is 1. The number of aromatic hydroxyl groups is 1. The highest BCUT2D eigenvalue weighted by Gasteiger charge is 2.15. The van der Waals surface area contributed by atoms with Crippen LogP contribution in [0.2, 0.25) is 0 Å². The highest BCUT2D eigenvalue weighted by molar-refractivity contribution is 7.90. The third-order valence-electron chi connectivity index (χ3n) is 2.83. The SMILES string of the molecule is CS(=O)(=O)c1ccccc1NC(=O)c1ccc(N)c(O)c1. The fraction of sp³-hybridized carbons (Fsp3) is 0.0714. The Hall–Kier alpha value is -2.54. The van der Waals surface area contributed by atoms with Crippen LogP contribution in [0, 0.1) is 0 Å². The molecule has 0 aliphatic heterocycles. The van der Waals surface area contributed by atoms with Crippen molar-refractivity contribution in [3.8, 4) is 5.75 Å². The van der Waals surface area contributed by atoms with E-state index < -0.39 is 15.7 Å². The maximum atomic E-state index is 12.1. The van der Waals surface area contributed by atoms with Gasteiger partial charge in [-0.15, -0.1) is 0 Å². The Labute approximate surface area is 122 Å². The number of benzene rings is 2. The molecular weight excluding hydrogens is 292 g/mol. The second-order valence-electron chi connectivity index (χ2n) is 4.50. The predicted octanol–water partition coefficient (Wildman–Crippen LogP) is 1.63. The van der Waals surface area contributed by atoms with Gasteiger partial charge in [0, 0.05) is 11.8 Å². The number of para-hydroxylation sites is 1. The van der Waals surface area contributed by atoms with E-state index in [2.05, 4.69) is 5.32 Å². The van der Waals surface area contributed by atoms with Gasteiger partial charge < -0.3 is 16.2 Å². The molecule has 2 aromatic carbocycles. The number of amides is 1. The van der Waals surface area contributed by atoms with Crippen LogP contribution in [0.4, 0.5) is 11.4 Å². The van der Waals surface area contributed by atoms with Crippen LogP contribution in [-0.2, 0) is 9.84 Å². The average Bonchev–Trinajstić information content (AvgIpc) is 2.41. The molecule has 0 saturated heterocycles. The van der Waals surface area contributed by atoms with Crippen molar-refractivity contribution in [1.82, 2.24) is 0 Å². The van der Waals surface area contributed by atoms with Gasteiger partial charge in [0.15, 0.2) is 9.84 Å². The van der Waals surface area contributed by atoms with Gasteiger partial charge in [0.1, 0.15) is 5.75 Å². The third kappa shape index (κ3) is 3.32. The van der Waals surface area contributed by atoms with Crippen molar-refractivity contribution >= 4 is 27.1 Å². The summed E-state index contributed by atoms with van der Waals surface area (Å²) in [5.41, 5.74) is 5.97. The molecule has 0 saturated carbocycles. The van der Waals surface area contributed by atoms with E-state index in [1.54, 1.807) is 12.1 Å². The first-order chi connectivity index (χ1) is 9.79. The van der Waals surface area contributed by atoms with E-state index in [1.165, 1.54) is 30.3 Å². The highest BCUT2D eigenvalue weighted by atomic mass is 32.2. The summed E-state index contributed by atoms with van der Waals surface area (Å²) in [4.78, 5) is 12.1. The lowest BCUT2D eigenvalue weighted by Gasteiger charge is -2.10. The minimum Gasteiger partial charge on any atom is -0.506 e. The van der Waals surface area contributed by atoms with Gasteiger partial charge in [-0.25, -0.2) is 8.42 Å². The van der Waals surface area contributed by atoms with Gasteiger partial charge in [-0.1, -0.05) is 12.1 Å². The molecule has 4 N–H and O–H groups in total. The molecule has 2 aromatic rings. The van der Waals surface area contributed by atoms with Crippen molar-refractivity contribution in [2.75, 3.05) is 17.3 Å². The summed E-state index contributed by atoms with van der Waals surface area (Å²) >= 11 is 0. The van der Waals surface area contributed by atoms with Crippen molar-refractivity contribution in [2.45, 2.75) is 4.90 Å². The van der Waals surface area contributed by atoms with Gasteiger partial charge in [0.25, 0.3) is 5.91 Å². The van der Waals surface area contributed by atoms with Gasteiger partial charge in [-0.05, 0) is 30.3 Å². The monoisotopic (exact) mass is 306 g/mol. The van der Waals surface area contributed by atoms with E-state index in [-0.39, 0.29) is 27.6 Å². The lowest BCUT2D eigenvalue weighted by Crippen LogP contribution is -2.14. The molecule has 0 spiro atoms. The van der Waals surface area contributed by atoms with Crippen LogP contribution in [-0.4, -0.2) is 25.7 Å². The second-order valence-corrected chi connectivity index (χ2v) is 6.48. The average molecular weight is 306 g/mol. The van der Waals surface area contributed by atoms with Crippen molar-refractivity contribution in [2.24, 2.45) is 0 Å². The molecule has 7 heteroatoms. The normalized spacial score (nSPS) is 11.1. The van der Waals surface area contributed by atoms with Crippen LogP contribution in [0.15, 0.2) is 47.4 Å². The molecule has 0 atom stereocenters. The number of nitrogens with one attached hydrogen (secondary N) is 1. The minimum atomic E-state index is -3.46. The zero-order chi connectivity index (χ0) is 15.6. The van der Waals surface area contributed by atoms with E-state index in [9.17, 15) is 18.3 Å². The van der Waals surface area contributed by atoms with Crippen LogP contribution < -0.4 is 11.1 Å². The van der Waals surface area contributed by atoms with Crippen molar-refractivity contribution in [3.05, 3.63) is 48.0 Å². The molecule has 0 heterocycles. The summed E-state index contributed by atoms with van der Waals surface area (Å²) in [5, 5.41) is 12.0. The summed E-state index contributed by atoms with van der Waals surface area (Å²) < 4.78 is 23.3. The molecule has 110 valence electrons. The van der Waals surface area contributed by atoms with Crippen molar-refractivity contribution in [1.29, 1.82) is 0 Å². The number of anilines is 2. The number of hydrogen-bond donors (Lipinski definition) is 3. The van der Waals surface area contributed by atoms with Gasteiger partial charge in [-0.3, -0.25) is 4.79 Å². The third-order valence-corrected chi connectivity index (χ3v) is 3.98. The zero-order valence-corrected chi connectivity index (χ0v) is 12.0. The zero-order valence-electron chi connectivity index (χ0n) is 11.2. The number of hydrogen-bond acceptors (Lipinski definition) is 5. The first-order valence-electron chi connectivity index (χ1n) is 5.98. The Morgan fingerprint density at radius 2 is 1.86 bits per heavy atom. The summed E-state index contributed by atoms with van der Waals surface area (Å²) in [6, 6.07) is 10.1. The predicted molar refractivity (Wildman–Crippen MR) is 80.0 cm³/mol. The molecule has 0 bridgehead atoms. The van der Waals surface area contributed by atoms with Crippen LogP contribution in [0.5, 0.6) is 5.75 Å². The highest BCUT2D eigenvalue weighted by Crippen LogP contribution is 2.24. The van der Waals surface area contributed by atoms with E-state index >= 15 is 0 Å². The van der Waals surface area contributed by atoms with Crippen LogP contribution in [0.3, 0.4) is 0 Å². The van der Waals surface area contributed by atoms with Crippen LogP contribution >= 0.6 is 0 Å². The molecule has 0 aliphatic carbocycles. The maximum absolute atomic E-state index is 12.1. The number of phenols is 1. The number of nitrogens with two attached hydrogens (primary N) is 1.